The van der Waals surface area contributed by atoms with Gasteiger partial charge < -0.3 is 14.9 Å². The molecule has 0 amide bonds. The van der Waals surface area contributed by atoms with Gasteiger partial charge >= 0.3 is 0 Å². The van der Waals surface area contributed by atoms with E-state index in [4.69, 9.17) is 4.74 Å². The van der Waals surface area contributed by atoms with Crippen molar-refractivity contribution < 1.29 is 14.9 Å². The molecule has 132 valence electrons. The molecule has 2 fully saturated rings. The van der Waals surface area contributed by atoms with Gasteiger partial charge in [0.25, 0.3) is 0 Å². The van der Waals surface area contributed by atoms with Crippen LogP contribution in [0.2, 0.25) is 0 Å². The van der Waals surface area contributed by atoms with Crippen LogP contribution >= 0.6 is 0 Å². The van der Waals surface area contributed by atoms with Gasteiger partial charge in [0, 0.05) is 20.1 Å². The summed E-state index contributed by atoms with van der Waals surface area (Å²) in [7, 11) is 1.72. The number of hydrogen-bond donors (Lipinski definition) is 2. The van der Waals surface area contributed by atoms with Crippen molar-refractivity contribution >= 4 is 0 Å². The topological polar surface area (TPSA) is 49.7 Å². The highest BCUT2D eigenvalue weighted by molar-refractivity contribution is 5.40. The summed E-state index contributed by atoms with van der Waals surface area (Å²) in [6.45, 7) is 2.98. The van der Waals surface area contributed by atoms with Gasteiger partial charge in [-0.2, -0.15) is 0 Å². The SMILES string of the molecule is COCC[C@]1(O)CC[C@H]2[C@@H]3CCc4cc(O)ccc4[C@H]3CC[C@@]21C. The summed E-state index contributed by atoms with van der Waals surface area (Å²) in [4.78, 5) is 0. The van der Waals surface area contributed by atoms with E-state index in [1.165, 1.54) is 17.5 Å². The van der Waals surface area contributed by atoms with Gasteiger partial charge in [0.05, 0.1) is 5.60 Å². The number of methoxy groups -OCH3 is 1. The molecule has 0 radical (unpaired) electrons. The van der Waals surface area contributed by atoms with Crippen LogP contribution in [-0.2, 0) is 11.2 Å². The first-order valence-corrected chi connectivity index (χ1v) is 9.52. The maximum atomic E-state index is 11.4. The third-order valence-corrected chi connectivity index (χ3v) is 7.75. The molecule has 24 heavy (non-hydrogen) atoms. The second-order valence-electron chi connectivity index (χ2n) is 8.57. The lowest BCUT2D eigenvalue weighted by Gasteiger charge is -2.53. The minimum atomic E-state index is -0.562. The fourth-order valence-corrected chi connectivity index (χ4v) is 6.36. The third-order valence-electron chi connectivity index (χ3n) is 7.75. The van der Waals surface area contributed by atoms with Crippen LogP contribution in [-0.4, -0.2) is 29.5 Å². The van der Waals surface area contributed by atoms with Crippen molar-refractivity contribution in [3.05, 3.63) is 29.3 Å². The molecule has 0 aliphatic heterocycles. The number of rotatable bonds is 3. The molecule has 3 nitrogen and oxygen atoms in total. The van der Waals surface area contributed by atoms with E-state index in [9.17, 15) is 10.2 Å². The Balaban J connectivity index is 1.63. The zero-order valence-electron chi connectivity index (χ0n) is 14.9. The molecule has 0 saturated heterocycles. The second kappa shape index (κ2) is 5.74. The van der Waals surface area contributed by atoms with Crippen LogP contribution in [0.15, 0.2) is 18.2 Å². The summed E-state index contributed by atoms with van der Waals surface area (Å²) in [5.41, 5.74) is 2.26. The average molecular weight is 330 g/mol. The first-order chi connectivity index (χ1) is 11.5. The monoisotopic (exact) mass is 330 g/mol. The lowest BCUT2D eigenvalue weighted by atomic mass is 9.53. The van der Waals surface area contributed by atoms with E-state index in [1.54, 1.807) is 7.11 Å². The minimum absolute atomic E-state index is 0.0289. The average Bonchev–Trinajstić information content (AvgIpc) is 2.84. The summed E-state index contributed by atoms with van der Waals surface area (Å²) >= 11 is 0. The Morgan fingerprint density at radius 1 is 1.21 bits per heavy atom. The number of phenolic OH excluding ortho intramolecular Hbond substituents is 1. The molecule has 0 unspecified atom stereocenters. The van der Waals surface area contributed by atoms with Gasteiger partial charge in [-0.15, -0.1) is 0 Å². The van der Waals surface area contributed by atoms with E-state index in [0.29, 0.717) is 30.1 Å². The second-order valence-corrected chi connectivity index (χ2v) is 8.57. The van der Waals surface area contributed by atoms with Crippen LogP contribution in [0.25, 0.3) is 0 Å². The van der Waals surface area contributed by atoms with E-state index in [0.717, 1.165) is 38.5 Å². The van der Waals surface area contributed by atoms with Crippen molar-refractivity contribution in [3.63, 3.8) is 0 Å². The quantitative estimate of drug-likeness (QED) is 0.880. The predicted molar refractivity (Wildman–Crippen MR) is 94.2 cm³/mol. The molecule has 1 aromatic carbocycles. The fraction of sp³-hybridized carbons (Fsp3) is 0.714. The lowest BCUT2D eigenvalue weighted by Crippen LogP contribution is -2.51. The highest BCUT2D eigenvalue weighted by Gasteiger charge is 2.61. The van der Waals surface area contributed by atoms with Gasteiger partial charge in [-0.1, -0.05) is 13.0 Å². The van der Waals surface area contributed by atoms with E-state index in [1.807, 2.05) is 12.1 Å². The molecule has 2 saturated carbocycles. The first-order valence-electron chi connectivity index (χ1n) is 9.52. The molecule has 0 heterocycles. The molecule has 2 N–H and O–H groups in total. The standard InChI is InChI=1S/C21H30O3/c1-20-9-7-17-16-6-4-15(22)13-14(16)3-5-18(17)19(20)8-10-21(20,23)11-12-24-2/h4,6,13,17-19,22-23H,3,5,7-12H2,1-2H3/t17-,18-,19+,20+,21-/m1/s1. The number of fused-ring (bicyclic) bond motifs is 5. The Labute approximate surface area is 145 Å². The van der Waals surface area contributed by atoms with Crippen LogP contribution in [0.4, 0.5) is 0 Å². The Morgan fingerprint density at radius 2 is 2.04 bits per heavy atom. The third kappa shape index (κ3) is 2.24. The maximum Gasteiger partial charge on any atom is 0.115 e. The van der Waals surface area contributed by atoms with E-state index in [2.05, 4.69) is 13.0 Å². The highest BCUT2D eigenvalue weighted by atomic mass is 16.5. The van der Waals surface area contributed by atoms with E-state index < -0.39 is 5.60 Å². The largest absolute Gasteiger partial charge is 0.508 e. The Morgan fingerprint density at radius 3 is 2.83 bits per heavy atom. The number of hydrogen-bond acceptors (Lipinski definition) is 3. The van der Waals surface area contributed by atoms with Crippen LogP contribution < -0.4 is 0 Å². The normalized spacial score (nSPS) is 40.7. The van der Waals surface area contributed by atoms with E-state index in [-0.39, 0.29) is 5.41 Å². The van der Waals surface area contributed by atoms with Gasteiger partial charge in [0.1, 0.15) is 5.75 Å². The minimum Gasteiger partial charge on any atom is -0.508 e. The Kier molecular flexibility index (Phi) is 3.92. The van der Waals surface area contributed by atoms with Crippen LogP contribution in [0, 0.1) is 17.3 Å². The van der Waals surface area contributed by atoms with Gasteiger partial charge in [-0.3, -0.25) is 0 Å². The summed E-state index contributed by atoms with van der Waals surface area (Å²) in [6, 6.07) is 5.96. The number of ether oxygens (including phenoxy) is 1. The summed E-state index contributed by atoms with van der Waals surface area (Å²) in [5, 5.41) is 21.2. The van der Waals surface area contributed by atoms with Crippen molar-refractivity contribution in [2.45, 2.75) is 63.4 Å². The molecule has 5 atom stereocenters. The van der Waals surface area contributed by atoms with E-state index >= 15 is 0 Å². The number of benzene rings is 1. The molecule has 1 aromatic rings. The number of aromatic hydroxyl groups is 1. The lowest BCUT2D eigenvalue weighted by molar-refractivity contribution is -0.114. The smallest absolute Gasteiger partial charge is 0.115 e. The zero-order valence-corrected chi connectivity index (χ0v) is 14.9. The molecule has 3 aliphatic rings. The van der Waals surface area contributed by atoms with Crippen molar-refractivity contribution in [2.75, 3.05) is 13.7 Å². The molecule has 3 aliphatic carbocycles. The Bertz CT molecular complexity index is 628. The van der Waals surface area contributed by atoms with Crippen molar-refractivity contribution in [2.24, 2.45) is 17.3 Å². The molecule has 3 heteroatoms. The fourth-order valence-electron chi connectivity index (χ4n) is 6.36. The molecular formula is C21H30O3. The van der Waals surface area contributed by atoms with Crippen LogP contribution in [0.1, 0.15) is 62.5 Å². The van der Waals surface area contributed by atoms with Crippen LogP contribution in [0.5, 0.6) is 5.75 Å². The zero-order chi connectivity index (χ0) is 16.9. The number of aryl methyl sites for hydroxylation is 1. The molecule has 0 bridgehead atoms. The summed E-state index contributed by atoms with van der Waals surface area (Å²) < 4.78 is 5.27. The molecular weight excluding hydrogens is 300 g/mol. The van der Waals surface area contributed by atoms with Crippen molar-refractivity contribution in [3.8, 4) is 5.75 Å². The van der Waals surface area contributed by atoms with Gasteiger partial charge in [-0.25, -0.2) is 0 Å². The van der Waals surface area contributed by atoms with Gasteiger partial charge in [0.2, 0.25) is 0 Å². The summed E-state index contributed by atoms with van der Waals surface area (Å²) in [5.74, 6) is 2.29. The van der Waals surface area contributed by atoms with Gasteiger partial charge in [-0.05, 0) is 85.0 Å². The van der Waals surface area contributed by atoms with Crippen molar-refractivity contribution in [1.29, 1.82) is 0 Å². The number of phenols is 1. The van der Waals surface area contributed by atoms with Crippen molar-refractivity contribution in [1.82, 2.24) is 0 Å². The Hall–Kier alpha value is -1.06. The summed E-state index contributed by atoms with van der Waals surface area (Å²) in [6.07, 6.45) is 7.34. The maximum absolute atomic E-state index is 11.4. The molecule has 0 spiro atoms. The van der Waals surface area contributed by atoms with Crippen LogP contribution in [0.3, 0.4) is 0 Å². The predicted octanol–water partition coefficient (Wildman–Crippen LogP) is 4.02. The first kappa shape index (κ1) is 16.4. The number of aliphatic hydroxyl groups is 1. The molecule has 0 aromatic heterocycles. The highest BCUT2D eigenvalue weighted by Crippen LogP contribution is 2.65. The molecule has 4 rings (SSSR count). The van der Waals surface area contributed by atoms with Gasteiger partial charge in [0.15, 0.2) is 0 Å².